The monoisotopic (exact) mass is 537 g/mol. The summed E-state index contributed by atoms with van der Waals surface area (Å²) in [5.41, 5.74) is 0.546. The first-order valence-electron chi connectivity index (χ1n) is 12.0. The van der Waals surface area contributed by atoms with E-state index in [9.17, 15) is 22.8 Å². The summed E-state index contributed by atoms with van der Waals surface area (Å²) < 4.78 is 82.9. The second-order valence-corrected chi connectivity index (χ2v) is 9.59. The maximum Gasteiger partial charge on any atom is 0.417 e. The predicted molar refractivity (Wildman–Crippen MR) is 127 cm³/mol. The SMILES string of the molecule is C=CC(=O)N1CCC(Oc2cc(F)c([C@@H]3c4ccc5[nH]c(=O)oc5c4C[C@@H](C)N3CC(F)(F)F)c(F)c2)C1. The molecule has 1 aromatic heterocycles. The Kier molecular flexibility index (Phi) is 6.54. The number of oxazole rings is 1. The second-order valence-electron chi connectivity index (χ2n) is 9.59. The van der Waals surface area contributed by atoms with Gasteiger partial charge in [-0.3, -0.25) is 14.7 Å². The number of hydrogen-bond donors (Lipinski definition) is 1. The summed E-state index contributed by atoms with van der Waals surface area (Å²) in [7, 11) is 0. The fraction of sp³-hybridized carbons (Fsp3) is 0.385. The summed E-state index contributed by atoms with van der Waals surface area (Å²) in [6.45, 7) is 4.15. The highest BCUT2D eigenvalue weighted by Crippen LogP contribution is 2.44. The Morgan fingerprint density at radius 1 is 1.26 bits per heavy atom. The number of aromatic nitrogens is 1. The standard InChI is InChI=1S/C26H24F5N3O4/c1-3-21(35)33-7-6-14(11-33)37-15-9-18(27)22(19(28)10-15)23-16-4-5-20-24(38-25(36)32-20)17(16)8-13(2)34(23)12-26(29,30)31/h3-5,9-10,13-14,23H,1,6-8,11-12H2,2H3,(H,32,36)/t13-,14?,23+/m1/s1. The first-order chi connectivity index (χ1) is 17.9. The van der Waals surface area contributed by atoms with Gasteiger partial charge in [-0.25, -0.2) is 13.6 Å². The van der Waals surface area contributed by atoms with Crippen LogP contribution in [-0.4, -0.2) is 58.6 Å². The van der Waals surface area contributed by atoms with E-state index in [1.165, 1.54) is 30.0 Å². The van der Waals surface area contributed by atoms with Crippen LogP contribution >= 0.6 is 0 Å². The fourth-order valence-electron chi connectivity index (χ4n) is 5.41. The van der Waals surface area contributed by atoms with E-state index in [1.54, 1.807) is 0 Å². The van der Waals surface area contributed by atoms with Crippen LogP contribution in [0.3, 0.4) is 0 Å². The van der Waals surface area contributed by atoms with Crippen molar-refractivity contribution in [2.45, 2.75) is 44.1 Å². The van der Waals surface area contributed by atoms with Crippen molar-refractivity contribution in [1.82, 2.24) is 14.8 Å². The zero-order chi connectivity index (χ0) is 27.4. The van der Waals surface area contributed by atoms with Gasteiger partial charge in [0.25, 0.3) is 0 Å². The van der Waals surface area contributed by atoms with Gasteiger partial charge in [-0.1, -0.05) is 12.6 Å². The molecular formula is C26H24F5N3O4. The summed E-state index contributed by atoms with van der Waals surface area (Å²) in [5.74, 6) is -3.32. The average Bonchev–Trinajstić information content (AvgIpc) is 3.45. The van der Waals surface area contributed by atoms with E-state index in [-0.39, 0.29) is 35.8 Å². The topological polar surface area (TPSA) is 78.8 Å². The number of rotatable bonds is 5. The van der Waals surface area contributed by atoms with Crippen molar-refractivity contribution in [3.63, 3.8) is 0 Å². The molecule has 1 fully saturated rings. The molecule has 3 aromatic rings. The summed E-state index contributed by atoms with van der Waals surface area (Å²) in [6.07, 6.45) is -3.47. The summed E-state index contributed by atoms with van der Waals surface area (Å²) in [5, 5.41) is 0. The average molecular weight is 537 g/mol. The Balaban J connectivity index is 1.55. The third-order valence-electron chi connectivity index (χ3n) is 7.04. The molecule has 2 aliphatic heterocycles. The molecule has 3 atom stereocenters. The molecule has 0 aliphatic carbocycles. The second kappa shape index (κ2) is 9.57. The molecule has 2 aliphatic rings. The van der Waals surface area contributed by atoms with Crippen molar-refractivity contribution >= 4 is 17.0 Å². The van der Waals surface area contributed by atoms with Gasteiger partial charge >= 0.3 is 11.9 Å². The van der Waals surface area contributed by atoms with Crippen LogP contribution in [-0.2, 0) is 11.2 Å². The Morgan fingerprint density at radius 3 is 2.63 bits per heavy atom. The van der Waals surface area contributed by atoms with E-state index in [1.807, 2.05) is 0 Å². The molecule has 0 spiro atoms. The smallest absolute Gasteiger partial charge is 0.417 e. The molecule has 5 rings (SSSR count). The molecule has 1 N–H and O–H groups in total. The predicted octanol–water partition coefficient (Wildman–Crippen LogP) is 4.46. The maximum atomic E-state index is 15.6. The molecular weight excluding hydrogens is 513 g/mol. The largest absolute Gasteiger partial charge is 0.488 e. The molecule has 7 nitrogen and oxygen atoms in total. The van der Waals surface area contributed by atoms with Crippen LogP contribution in [0.25, 0.3) is 11.1 Å². The number of fused-ring (bicyclic) bond motifs is 3. The molecule has 12 heteroatoms. The quantitative estimate of drug-likeness (QED) is 0.384. The summed E-state index contributed by atoms with van der Waals surface area (Å²) in [6, 6.07) is 2.54. The number of H-pyrrole nitrogens is 1. The summed E-state index contributed by atoms with van der Waals surface area (Å²) in [4.78, 5) is 28.6. The lowest BCUT2D eigenvalue weighted by Crippen LogP contribution is -2.47. The van der Waals surface area contributed by atoms with E-state index >= 15 is 8.78 Å². The van der Waals surface area contributed by atoms with Crippen LogP contribution in [0.2, 0.25) is 0 Å². The molecule has 202 valence electrons. The lowest BCUT2D eigenvalue weighted by Gasteiger charge is -2.42. The number of alkyl halides is 3. The van der Waals surface area contributed by atoms with Crippen LogP contribution in [0.5, 0.6) is 5.75 Å². The van der Waals surface area contributed by atoms with Gasteiger partial charge in [0, 0.05) is 42.3 Å². The number of halogens is 5. The van der Waals surface area contributed by atoms with Crippen LogP contribution < -0.4 is 10.5 Å². The van der Waals surface area contributed by atoms with Gasteiger partial charge in [0.05, 0.1) is 24.6 Å². The molecule has 1 amide bonds. The van der Waals surface area contributed by atoms with Gasteiger partial charge in [-0.2, -0.15) is 13.2 Å². The Hall–Kier alpha value is -3.67. The first-order valence-corrected chi connectivity index (χ1v) is 12.0. The first kappa shape index (κ1) is 26.0. The maximum absolute atomic E-state index is 15.6. The number of amides is 1. The fourth-order valence-corrected chi connectivity index (χ4v) is 5.41. The van der Waals surface area contributed by atoms with Gasteiger partial charge in [0.15, 0.2) is 5.58 Å². The van der Waals surface area contributed by atoms with E-state index < -0.39 is 53.9 Å². The number of nitrogens with zero attached hydrogens (tertiary/aromatic N) is 2. The van der Waals surface area contributed by atoms with E-state index in [0.717, 1.165) is 17.0 Å². The normalized spacial score (nSPS) is 22.1. The van der Waals surface area contributed by atoms with E-state index in [2.05, 4.69) is 11.6 Å². The van der Waals surface area contributed by atoms with Crippen molar-refractivity contribution < 1.29 is 35.9 Å². The van der Waals surface area contributed by atoms with Gasteiger partial charge in [-0.15, -0.1) is 0 Å². The number of aromatic amines is 1. The van der Waals surface area contributed by atoms with Gasteiger partial charge in [-0.05, 0) is 31.1 Å². The van der Waals surface area contributed by atoms with Crippen molar-refractivity contribution in [3.05, 3.63) is 75.8 Å². The van der Waals surface area contributed by atoms with Gasteiger partial charge < -0.3 is 14.1 Å². The zero-order valence-electron chi connectivity index (χ0n) is 20.3. The lowest BCUT2D eigenvalue weighted by molar-refractivity contribution is -0.155. The van der Waals surface area contributed by atoms with Gasteiger partial charge in [0.1, 0.15) is 23.5 Å². The summed E-state index contributed by atoms with van der Waals surface area (Å²) >= 11 is 0. The number of ether oxygens (including phenoxy) is 1. The van der Waals surface area contributed by atoms with E-state index in [0.29, 0.717) is 24.0 Å². The third kappa shape index (κ3) is 4.80. The van der Waals surface area contributed by atoms with Crippen LogP contribution in [0, 0.1) is 11.6 Å². The number of carbonyl (C=O) groups is 1. The van der Waals surface area contributed by atoms with Crippen LogP contribution in [0.1, 0.15) is 36.1 Å². The molecule has 3 heterocycles. The Morgan fingerprint density at radius 2 is 1.97 bits per heavy atom. The number of nitrogens with one attached hydrogen (secondary N) is 1. The molecule has 0 saturated carbocycles. The zero-order valence-corrected chi connectivity index (χ0v) is 20.3. The third-order valence-corrected chi connectivity index (χ3v) is 7.04. The number of hydrogen-bond acceptors (Lipinski definition) is 5. The minimum Gasteiger partial charge on any atom is -0.488 e. The minimum absolute atomic E-state index is 0.0755. The minimum atomic E-state index is -4.64. The van der Waals surface area contributed by atoms with Crippen LogP contribution in [0.15, 0.2) is 46.1 Å². The highest BCUT2D eigenvalue weighted by molar-refractivity contribution is 5.87. The van der Waals surface area contributed by atoms with Crippen molar-refractivity contribution in [2.24, 2.45) is 0 Å². The molecule has 38 heavy (non-hydrogen) atoms. The van der Waals surface area contributed by atoms with Gasteiger partial charge in [0.2, 0.25) is 5.91 Å². The molecule has 0 radical (unpaired) electrons. The number of likely N-dealkylation sites (tertiary alicyclic amines) is 1. The molecule has 1 unspecified atom stereocenters. The van der Waals surface area contributed by atoms with Crippen molar-refractivity contribution in [1.29, 1.82) is 0 Å². The molecule has 0 bridgehead atoms. The van der Waals surface area contributed by atoms with Crippen molar-refractivity contribution in [2.75, 3.05) is 19.6 Å². The van der Waals surface area contributed by atoms with E-state index in [4.69, 9.17) is 9.15 Å². The lowest BCUT2D eigenvalue weighted by atomic mass is 9.84. The highest BCUT2D eigenvalue weighted by atomic mass is 19.4. The highest BCUT2D eigenvalue weighted by Gasteiger charge is 2.43. The number of carbonyl (C=O) groups excluding carboxylic acids is 1. The molecule has 2 aromatic carbocycles. The van der Waals surface area contributed by atoms with Crippen LogP contribution in [0.4, 0.5) is 22.0 Å². The molecule has 1 saturated heterocycles. The van der Waals surface area contributed by atoms with Crippen molar-refractivity contribution in [3.8, 4) is 5.75 Å². The Labute approximate surface area is 213 Å². The Bertz CT molecular complexity index is 1440. The number of benzene rings is 2.